The minimum atomic E-state index is -0.595. The molecule has 142 valence electrons. The molecule has 0 aliphatic rings. The van der Waals surface area contributed by atoms with E-state index in [4.69, 9.17) is 27.9 Å². The smallest absolute Gasteiger partial charge is 0.412 e. The monoisotopic (exact) mass is 405 g/mol. The van der Waals surface area contributed by atoms with Crippen LogP contribution in [0.2, 0.25) is 10.0 Å². The lowest BCUT2D eigenvalue weighted by Gasteiger charge is -2.12. The van der Waals surface area contributed by atoms with Crippen LogP contribution in [0.3, 0.4) is 0 Å². The molecule has 0 saturated carbocycles. The predicted octanol–water partition coefficient (Wildman–Crippen LogP) is 6.41. The van der Waals surface area contributed by atoms with Gasteiger partial charge in [0.1, 0.15) is 5.82 Å². The Morgan fingerprint density at radius 3 is 2.41 bits per heavy atom. The zero-order valence-corrected chi connectivity index (χ0v) is 17.3. The number of aromatic amines is 1. The number of ether oxygens (including phenoxy) is 1. The fraction of sp³-hybridized carbons (Fsp3) is 0.300. The van der Waals surface area contributed by atoms with Crippen LogP contribution >= 0.6 is 23.2 Å². The number of aryl methyl sites for hydroxylation is 2. The molecule has 0 fully saturated rings. The first-order valence-corrected chi connectivity index (χ1v) is 9.33. The summed E-state index contributed by atoms with van der Waals surface area (Å²) in [5.41, 5.74) is 7.13. The molecule has 1 atom stereocenters. The van der Waals surface area contributed by atoms with Gasteiger partial charge in [0.15, 0.2) is 6.10 Å². The second-order valence-electron chi connectivity index (χ2n) is 6.65. The summed E-state index contributed by atoms with van der Waals surface area (Å²) in [7, 11) is 0. The third kappa shape index (κ3) is 3.75. The van der Waals surface area contributed by atoms with Crippen LogP contribution in [0, 0.1) is 27.7 Å². The number of benzene rings is 2. The SMILES string of the molecule is Cc1c(C)c(C)c2[nH]c([C@H](C)OC(=O)Nc3ccc(Cl)c(Cl)c3)nc2c1C. The molecule has 5 nitrogen and oxygen atoms in total. The molecule has 7 heteroatoms. The van der Waals surface area contributed by atoms with Gasteiger partial charge in [-0.1, -0.05) is 23.2 Å². The van der Waals surface area contributed by atoms with Gasteiger partial charge >= 0.3 is 6.09 Å². The second-order valence-corrected chi connectivity index (χ2v) is 7.46. The van der Waals surface area contributed by atoms with Crippen molar-refractivity contribution in [2.24, 2.45) is 0 Å². The summed E-state index contributed by atoms with van der Waals surface area (Å²) in [5, 5.41) is 3.42. The summed E-state index contributed by atoms with van der Waals surface area (Å²) in [6.45, 7) is 10.1. The highest BCUT2D eigenvalue weighted by atomic mass is 35.5. The topological polar surface area (TPSA) is 67.0 Å². The van der Waals surface area contributed by atoms with Crippen molar-refractivity contribution in [2.45, 2.75) is 40.7 Å². The molecule has 2 N–H and O–H groups in total. The molecule has 1 aromatic heterocycles. The Morgan fingerprint density at radius 1 is 1.07 bits per heavy atom. The molecule has 3 rings (SSSR count). The van der Waals surface area contributed by atoms with E-state index < -0.39 is 12.2 Å². The minimum absolute atomic E-state index is 0.358. The van der Waals surface area contributed by atoms with E-state index in [9.17, 15) is 4.79 Å². The van der Waals surface area contributed by atoms with Crippen molar-refractivity contribution in [1.29, 1.82) is 0 Å². The number of carbonyl (C=O) groups is 1. The molecule has 0 bridgehead atoms. The van der Waals surface area contributed by atoms with Crippen LogP contribution in [-0.2, 0) is 4.74 Å². The van der Waals surface area contributed by atoms with E-state index in [0.717, 1.165) is 22.2 Å². The highest BCUT2D eigenvalue weighted by Crippen LogP contribution is 2.29. The van der Waals surface area contributed by atoms with Gasteiger partial charge in [-0.05, 0) is 75.1 Å². The summed E-state index contributed by atoms with van der Waals surface area (Å²) in [6, 6.07) is 4.83. The zero-order chi connectivity index (χ0) is 19.9. The van der Waals surface area contributed by atoms with Crippen LogP contribution in [0.5, 0.6) is 0 Å². The molecule has 0 saturated heterocycles. The molecule has 3 aromatic rings. The predicted molar refractivity (Wildman–Crippen MR) is 110 cm³/mol. The van der Waals surface area contributed by atoms with Crippen molar-refractivity contribution in [1.82, 2.24) is 9.97 Å². The number of hydrogen-bond donors (Lipinski definition) is 2. The summed E-state index contributed by atoms with van der Waals surface area (Å²) in [5.74, 6) is 0.602. The standard InChI is InChI=1S/C20H21Cl2N3O2/c1-9-10(2)12(4)18-17(11(9)3)24-19(25-18)13(5)27-20(26)23-14-6-7-15(21)16(22)8-14/h6-8,13H,1-5H3,(H,23,26)(H,24,25)/t13-/m0/s1. The third-order valence-electron chi connectivity index (χ3n) is 4.97. The molecule has 0 unspecified atom stereocenters. The van der Waals surface area contributed by atoms with E-state index in [0.29, 0.717) is 21.6 Å². The number of nitrogens with zero attached hydrogens (tertiary/aromatic N) is 1. The normalized spacial score (nSPS) is 12.3. The van der Waals surface area contributed by atoms with Gasteiger partial charge in [0.05, 0.1) is 21.1 Å². The van der Waals surface area contributed by atoms with Gasteiger partial charge in [-0.2, -0.15) is 0 Å². The number of nitrogens with one attached hydrogen (secondary N) is 2. The summed E-state index contributed by atoms with van der Waals surface area (Å²) >= 11 is 11.8. The van der Waals surface area contributed by atoms with E-state index in [1.165, 1.54) is 11.1 Å². The summed E-state index contributed by atoms with van der Waals surface area (Å²) in [4.78, 5) is 20.2. The Hall–Kier alpha value is -2.24. The number of aromatic nitrogens is 2. The molecule has 0 aliphatic carbocycles. The van der Waals surface area contributed by atoms with Gasteiger partial charge in [0, 0.05) is 5.69 Å². The van der Waals surface area contributed by atoms with Crippen LogP contribution in [0.1, 0.15) is 41.1 Å². The maximum Gasteiger partial charge on any atom is 0.412 e. The second kappa shape index (κ2) is 7.41. The van der Waals surface area contributed by atoms with Crippen LogP contribution in [-0.4, -0.2) is 16.1 Å². The maximum absolute atomic E-state index is 12.2. The summed E-state index contributed by atoms with van der Waals surface area (Å²) in [6.07, 6.45) is -1.14. The highest BCUT2D eigenvalue weighted by Gasteiger charge is 2.19. The number of amides is 1. The van der Waals surface area contributed by atoms with Gasteiger partial charge in [-0.15, -0.1) is 0 Å². The quantitative estimate of drug-likeness (QED) is 0.528. The first-order chi connectivity index (χ1) is 12.7. The van der Waals surface area contributed by atoms with Crippen molar-refractivity contribution < 1.29 is 9.53 Å². The first-order valence-electron chi connectivity index (χ1n) is 8.57. The van der Waals surface area contributed by atoms with Crippen molar-refractivity contribution in [3.8, 4) is 0 Å². The molecule has 1 amide bonds. The lowest BCUT2D eigenvalue weighted by molar-refractivity contribution is 0.117. The van der Waals surface area contributed by atoms with E-state index >= 15 is 0 Å². The molecule has 2 aromatic carbocycles. The number of rotatable bonds is 3. The maximum atomic E-state index is 12.2. The Balaban J connectivity index is 1.80. The molecular weight excluding hydrogens is 385 g/mol. The van der Waals surface area contributed by atoms with E-state index in [1.54, 1.807) is 25.1 Å². The number of hydrogen-bond acceptors (Lipinski definition) is 3. The number of H-pyrrole nitrogens is 1. The van der Waals surface area contributed by atoms with Crippen molar-refractivity contribution in [2.75, 3.05) is 5.32 Å². The van der Waals surface area contributed by atoms with E-state index in [2.05, 4.69) is 43.0 Å². The highest BCUT2D eigenvalue weighted by molar-refractivity contribution is 6.42. The van der Waals surface area contributed by atoms with Gasteiger partial charge < -0.3 is 9.72 Å². The minimum Gasteiger partial charge on any atom is -0.438 e. The Kier molecular flexibility index (Phi) is 5.36. The average Bonchev–Trinajstić information content (AvgIpc) is 3.07. The Labute approximate surface area is 168 Å². The molecule has 0 radical (unpaired) electrons. The Bertz CT molecular complexity index is 999. The number of halogens is 2. The number of carbonyl (C=O) groups excluding carboxylic acids is 1. The third-order valence-corrected chi connectivity index (χ3v) is 5.71. The molecular formula is C20H21Cl2N3O2. The van der Waals surface area contributed by atoms with Crippen molar-refractivity contribution in [3.63, 3.8) is 0 Å². The first kappa shape index (κ1) is 19.5. The largest absolute Gasteiger partial charge is 0.438 e. The van der Waals surface area contributed by atoms with Gasteiger partial charge in [0.25, 0.3) is 0 Å². The lowest BCUT2D eigenvalue weighted by Crippen LogP contribution is -2.16. The van der Waals surface area contributed by atoms with Gasteiger partial charge in [-0.3, -0.25) is 5.32 Å². The molecule has 27 heavy (non-hydrogen) atoms. The molecule has 0 aliphatic heterocycles. The van der Waals surface area contributed by atoms with Crippen LogP contribution in [0.15, 0.2) is 18.2 Å². The van der Waals surface area contributed by atoms with Crippen LogP contribution in [0.25, 0.3) is 11.0 Å². The van der Waals surface area contributed by atoms with Gasteiger partial charge in [-0.25, -0.2) is 9.78 Å². The van der Waals surface area contributed by atoms with Crippen molar-refractivity contribution >= 4 is 46.0 Å². The fourth-order valence-electron chi connectivity index (χ4n) is 2.99. The number of anilines is 1. The fourth-order valence-corrected chi connectivity index (χ4v) is 3.29. The Morgan fingerprint density at radius 2 is 1.74 bits per heavy atom. The van der Waals surface area contributed by atoms with Crippen LogP contribution < -0.4 is 5.32 Å². The van der Waals surface area contributed by atoms with Crippen LogP contribution in [0.4, 0.5) is 10.5 Å². The number of fused-ring (bicyclic) bond motifs is 1. The van der Waals surface area contributed by atoms with E-state index in [1.807, 2.05) is 0 Å². The zero-order valence-electron chi connectivity index (χ0n) is 15.8. The molecule has 0 spiro atoms. The molecule has 1 heterocycles. The van der Waals surface area contributed by atoms with E-state index in [-0.39, 0.29) is 0 Å². The average molecular weight is 406 g/mol. The number of imidazole rings is 1. The van der Waals surface area contributed by atoms with Gasteiger partial charge in [0.2, 0.25) is 0 Å². The van der Waals surface area contributed by atoms with Crippen molar-refractivity contribution in [3.05, 3.63) is 56.3 Å². The lowest BCUT2D eigenvalue weighted by atomic mass is 9.98. The summed E-state index contributed by atoms with van der Waals surface area (Å²) < 4.78 is 5.46.